The fourth-order valence-corrected chi connectivity index (χ4v) is 5.99. The highest BCUT2D eigenvalue weighted by Gasteiger charge is 2.13. The van der Waals surface area contributed by atoms with E-state index in [1.54, 1.807) is 0 Å². The average Bonchev–Trinajstić information content (AvgIpc) is 3.19. The van der Waals surface area contributed by atoms with Gasteiger partial charge in [-0.25, -0.2) is 15.0 Å². The molecule has 1 heterocycles. The summed E-state index contributed by atoms with van der Waals surface area (Å²) in [5.74, 6) is 1.97. The Morgan fingerprint density at radius 3 is 0.708 bits per heavy atom. The maximum Gasteiger partial charge on any atom is 0.164 e. The van der Waals surface area contributed by atoms with E-state index < -0.39 is 0 Å². The topological polar surface area (TPSA) is 38.7 Å². The Morgan fingerprint density at radius 2 is 0.396 bits per heavy atom. The van der Waals surface area contributed by atoms with Gasteiger partial charge in [-0.1, -0.05) is 170 Å². The lowest BCUT2D eigenvalue weighted by Crippen LogP contribution is -2.00. The summed E-state index contributed by atoms with van der Waals surface area (Å²) in [7, 11) is 0. The van der Waals surface area contributed by atoms with Crippen LogP contribution >= 0.6 is 0 Å². The van der Waals surface area contributed by atoms with Crippen LogP contribution in [0.1, 0.15) is 0 Å². The van der Waals surface area contributed by atoms with Crippen LogP contribution in [0.5, 0.6) is 0 Å². The molecule has 8 aromatic rings. The first-order valence-electron chi connectivity index (χ1n) is 16.1. The Hall–Kier alpha value is -6.45. The second kappa shape index (κ2) is 13.1. The third kappa shape index (κ3) is 6.18. The van der Waals surface area contributed by atoms with Gasteiger partial charge in [0.2, 0.25) is 0 Å². The van der Waals surface area contributed by atoms with Crippen LogP contribution < -0.4 is 0 Å². The lowest BCUT2D eigenvalue weighted by atomic mass is 9.92. The minimum Gasteiger partial charge on any atom is -0.208 e. The van der Waals surface area contributed by atoms with E-state index in [9.17, 15) is 0 Å². The van der Waals surface area contributed by atoms with Gasteiger partial charge in [0.25, 0.3) is 0 Å². The zero-order valence-electron chi connectivity index (χ0n) is 26.2. The lowest BCUT2D eigenvalue weighted by molar-refractivity contribution is 1.07. The number of nitrogens with zero attached hydrogens (tertiary/aromatic N) is 3. The number of aromatic nitrogens is 3. The molecule has 0 saturated carbocycles. The Labute approximate surface area is 280 Å². The van der Waals surface area contributed by atoms with E-state index in [0.29, 0.717) is 17.5 Å². The van der Waals surface area contributed by atoms with E-state index in [-0.39, 0.29) is 0 Å². The molecule has 0 radical (unpaired) electrons. The van der Waals surface area contributed by atoms with Crippen LogP contribution in [0.25, 0.3) is 78.7 Å². The maximum absolute atomic E-state index is 4.88. The van der Waals surface area contributed by atoms with Gasteiger partial charge in [-0.3, -0.25) is 0 Å². The molecule has 8 rings (SSSR count). The molecule has 3 heteroatoms. The van der Waals surface area contributed by atoms with Crippen molar-refractivity contribution in [3.63, 3.8) is 0 Å². The third-order valence-corrected chi connectivity index (χ3v) is 8.54. The molecule has 0 amide bonds. The number of rotatable bonds is 7. The van der Waals surface area contributed by atoms with Crippen LogP contribution in [0, 0.1) is 0 Å². The van der Waals surface area contributed by atoms with Crippen LogP contribution in [-0.4, -0.2) is 15.0 Å². The normalized spacial score (nSPS) is 10.9. The Morgan fingerprint density at radius 1 is 0.188 bits per heavy atom. The van der Waals surface area contributed by atoms with Crippen molar-refractivity contribution in [1.82, 2.24) is 15.0 Å². The van der Waals surface area contributed by atoms with Gasteiger partial charge in [0.1, 0.15) is 0 Å². The molecule has 0 atom stereocenters. The minimum atomic E-state index is 0.650. The summed E-state index contributed by atoms with van der Waals surface area (Å²) >= 11 is 0. The fourth-order valence-electron chi connectivity index (χ4n) is 5.99. The van der Waals surface area contributed by atoms with Gasteiger partial charge < -0.3 is 0 Å². The Balaban J connectivity index is 1.11. The summed E-state index contributed by atoms with van der Waals surface area (Å²) in [5, 5.41) is 0. The number of benzene rings is 7. The zero-order chi connectivity index (χ0) is 32.1. The van der Waals surface area contributed by atoms with Crippen molar-refractivity contribution in [2.24, 2.45) is 0 Å². The highest BCUT2D eigenvalue weighted by atomic mass is 15.0. The van der Waals surface area contributed by atoms with E-state index >= 15 is 0 Å². The molecule has 0 unspecified atom stereocenters. The van der Waals surface area contributed by atoms with Crippen molar-refractivity contribution >= 4 is 0 Å². The van der Waals surface area contributed by atoms with Crippen molar-refractivity contribution in [2.45, 2.75) is 0 Å². The van der Waals surface area contributed by atoms with E-state index in [1.165, 1.54) is 33.4 Å². The predicted molar refractivity (Wildman–Crippen MR) is 198 cm³/mol. The predicted octanol–water partition coefficient (Wildman–Crippen LogP) is 11.5. The minimum absolute atomic E-state index is 0.650. The average molecular weight is 614 g/mol. The molecule has 0 spiro atoms. The second-order valence-electron chi connectivity index (χ2n) is 11.7. The molecule has 0 bridgehead atoms. The van der Waals surface area contributed by atoms with Crippen molar-refractivity contribution in [1.29, 1.82) is 0 Å². The van der Waals surface area contributed by atoms with E-state index in [2.05, 4.69) is 127 Å². The van der Waals surface area contributed by atoms with E-state index in [1.807, 2.05) is 60.7 Å². The first kappa shape index (κ1) is 29.0. The van der Waals surface area contributed by atoms with Gasteiger partial charge in [0.05, 0.1) is 0 Å². The van der Waals surface area contributed by atoms with Gasteiger partial charge in [-0.15, -0.1) is 0 Å². The summed E-state index contributed by atoms with van der Waals surface area (Å²) in [6.07, 6.45) is 0. The largest absolute Gasteiger partial charge is 0.208 e. The first-order chi connectivity index (χ1) is 23.8. The molecule has 0 aliphatic heterocycles. The van der Waals surface area contributed by atoms with E-state index in [4.69, 9.17) is 15.0 Å². The zero-order valence-corrected chi connectivity index (χ0v) is 26.2. The summed E-state index contributed by atoms with van der Waals surface area (Å²) in [6.45, 7) is 0. The highest BCUT2D eigenvalue weighted by molar-refractivity contribution is 5.82. The molecule has 0 saturated heterocycles. The first-order valence-corrected chi connectivity index (χ1v) is 16.1. The molecule has 48 heavy (non-hydrogen) atoms. The van der Waals surface area contributed by atoms with Crippen LogP contribution in [0.4, 0.5) is 0 Å². The summed E-state index contributed by atoms with van der Waals surface area (Å²) in [6, 6.07) is 65.4. The molecule has 7 aromatic carbocycles. The lowest BCUT2D eigenvalue weighted by Gasteiger charge is -2.12. The quantitative estimate of drug-likeness (QED) is 0.179. The molecule has 0 aliphatic carbocycles. The Bertz CT molecular complexity index is 2000. The van der Waals surface area contributed by atoms with Crippen molar-refractivity contribution in [2.75, 3.05) is 0 Å². The molecule has 0 N–H and O–H groups in total. The van der Waals surface area contributed by atoms with Crippen LogP contribution in [-0.2, 0) is 0 Å². The summed E-state index contributed by atoms with van der Waals surface area (Å²) in [5.41, 5.74) is 12.3. The van der Waals surface area contributed by atoms with Gasteiger partial charge in [-0.2, -0.15) is 0 Å². The standard InChI is InChI=1S/C45H31N3/c1-5-13-32(14-6-1)40-29-41(33-15-7-2-8-16-33)31-42(30-40)36-23-21-34(22-24-36)35-25-27-39(28-26-35)45-47-43(37-17-9-3-10-18-37)46-44(48-45)38-19-11-4-12-20-38/h1-31H. The van der Waals surface area contributed by atoms with Crippen LogP contribution in [0.15, 0.2) is 188 Å². The van der Waals surface area contributed by atoms with Gasteiger partial charge in [0.15, 0.2) is 17.5 Å². The van der Waals surface area contributed by atoms with Gasteiger partial charge in [0, 0.05) is 16.7 Å². The smallest absolute Gasteiger partial charge is 0.164 e. The van der Waals surface area contributed by atoms with Crippen molar-refractivity contribution in [3.8, 4) is 78.7 Å². The molecule has 3 nitrogen and oxygen atoms in total. The second-order valence-corrected chi connectivity index (χ2v) is 11.7. The summed E-state index contributed by atoms with van der Waals surface area (Å²) < 4.78 is 0. The Kier molecular flexibility index (Phi) is 7.92. The molecular weight excluding hydrogens is 583 g/mol. The number of hydrogen-bond donors (Lipinski definition) is 0. The van der Waals surface area contributed by atoms with Crippen LogP contribution in [0.2, 0.25) is 0 Å². The highest BCUT2D eigenvalue weighted by Crippen LogP contribution is 2.34. The van der Waals surface area contributed by atoms with Gasteiger partial charge in [-0.05, 0) is 62.7 Å². The van der Waals surface area contributed by atoms with Gasteiger partial charge >= 0.3 is 0 Å². The molecule has 0 aliphatic rings. The van der Waals surface area contributed by atoms with E-state index in [0.717, 1.165) is 27.8 Å². The molecule has 226 valence electrons. The summed E-state index contributed by atoms with van der Waals surface area (Å²) in [4.78, 5) is 14.6. The third-order valence-electron chi connectivity index (χ3n) is 8.54. The fraction of sp³-hybridized carbons (Fsp3) is 0. The maximum atomic E-state index is 4.88. The molecule has 1 aromatic heterocycles. The number of hydrogen-bond acceptors (Lipinski definition) is 3. The molecular formula is C45H31N3. The van der Waals surface area contributed by atoms with Crippen molar-refractivity contribution in [3.05, 3.63) is 188 Å². The SMILES string of the molecule is c1ccc(-c2cc(-c3ccccc3)cc(-c3ccc(-c4ccc(-c5nc(-c6ccccc6)nc(-c6ccccc6)n5)cc4)cc3)c2)cc1. The monoisotopic (exact) mass is 613 g/mol. The van der Waals surface area contributed by atoms with Crippen molar-refractivity contribution < 1.29 is 0 Å². The molecule has 0 fully saturated rings. The van der Waals surface area contributed by atoms with Crippen LogP contribution in [0.3, 0.4) is 0 Å².